The zero-order valence-corrected chi connectivity index (χ0v) is 17.5. The first kappa shape index (κ1) is 22.1. The highest BCUT2D eigenvalue weighted by atomic mass is 28.2. The first-order valence-electron chi connectivity index (χ1n) is 9.58. The van der Waals surface area contributed by atoms with Gasteiger partial charge in [0.15, 0.2) is 5.78 Å². The van der Waals surface area contributed by atoms with Gasteiger partial charge in [-0.2, -0.15) is 0 Å². The summed E-state index contributed by atoms with van der Waals surface area (Å²) in [7, 11) is 0.407. The molecule has 0 aromatic carbocycles. The van der Waals surface area contributed by atoms with E-state index in [9.17, 15) is 9.59 Å². The predicted octanol–water partition coefficient (Wildman–Crippen LogP) is 4.65. The molecule has 0 aromatic rings. The van der Waals surface area contributed by atoms with Crippen molar-refractivity contribution in [2.75, 3.05) is 6.61 Å². The van der Waals surface area contributed by atoms with Crippen LogP contribution in [0.4, 0.5) is 0 Å². The summed E-state index contributed by atoms with van der Waals surface area (Å²) in [5.74, 6) is 0.637. The van der Waals surface area contributed by atoms with E-state index in [1.54, 1.807) is 6.08 Å². The molecular formula is C20H34O4Si. The van der Waals surface area contributed by atoms with Gasteiger partial charge in [0.25, 0.3) is 0 Å². The van der Waals surface area contributed by atoms with Crippen molar-refractivity contribution in [3.63, 3.8) is 0 Å². The molecule has 1 unspecified atom stereocenters. The summed E-state index contributed by atoms with van der Waals surface area (Å²) in [4.78, 5) is 23.1. The largest absolute Gasteiger partial charge is 0.466 e. The summed E-state index contributed by atoms with van der Waals surface area (Å²) in [6.45, 7) is 11.2. The molecule has 2 radical (unpaired) electrons. The van der Waals surface area contributed by atoms with Gasteiger partial charge < -0.3 is 9.16 Å². The van der Waals surface area contributed by atoms with E-state index in [1.807, 2.05) is 6.92 Å². The maximum atomic E-state index is 11.8. The SMILES string of the molecule is CCOC(=O)CCCCCCC1=CC(=O)CC1O[Si]C(C)(C)C(C)C. The average Bonchev–Trinajstić information content (AvgIpc) is 2.89. The molecule has 142 valence electrons. The molecule has 0 spiro atoms. The second-order valence-corrected chi connectivity index (χ2v) is 9.42. The number of rotatable bonds is 12. The normalized spacial score (nSPS) is 17.9. The highest BCUT2D eigenvalue weighted by Gasteiger charge is 2.30. The summed E-state index contributed by atoms with van der Waals surface area (Å²) in [6.07, 6.45) is 7.69. The van der Waals surface area contributed by atoms with Crippen LogP contribution in [0.5, 0.6) is 0 Å². The molecule has 1 atom stereocenters. The van der Waals surface area contributed by atoms with Crippen molar-refractivity contribution in [2.24, 2.45) is 5.92 Å². The fraction of sp³-hybridized carbons (Fsp3) is 0.800. The number of allylic oxidation sites excluding steroid dienone is 1. The summed E-state index contributed by atoms with van der Waals surface area (Å²) >= 11 is 0. The summed E-state index contributed by atoms with van der Waals surface area (Å²) in [5.41, 5.74) is 1.16. The van der Waals surface area contributed by atoms with Crippen LogP contribution in [-0.4, -0.2) is 34.2 Å². The Kier molecular flexibility index (Phi) is 9.65. The smallest absolute Gasteiger partial charge is 0.305 e. The molecule has 1 aliphatic rings. The van der Waals surface area contributed by atoms with E-state index in [2.05, 4.69) is 27.7 Å². The van der Waals surface area contributed by atoms with Gasteiger partial charge in [0, 0.05) is 12.8 Å². The molecule has 0 bridgehead atoms. The van der Waals surface area contributed by atoms with E-state index in [0.29, 0.717) is 35.1 Å². The van der Waals surface area contributed by atoms with Crippen LogP contribution >= 0.6 is 0 Å². The third-order valence-corrected chi connectivity index (χ3v) is 6.46. The molecule has 0 heterocycles. The van der Waals surface area contributed by atoms with E-state index in [0.717, 1.165) is 37.7 Å². The Bertz CT molecular complexity index is 468. The molecule has 1 aliphatic carbocycles. The maximum Gasteiger partial charge on any atom is 0.305 e. The molecule has 0 aromatic heterocycles. The standard InChI is InChI=1S/C20H34O4Si/c1-6-23-19(22)12-10-8-7-9-11-16-13-17(21)14-18(16)24-25-20(4,5)15(2)3/h13,15,18H,6-12,14H2,1-5H3. The Balaban J connectivity index is 2.28. The Morgan fingerprint density at radius 2 is 1.96 bits per heavy atom. The highest BCUT2D eigenvalue weighted by Crippen LogP contribution is 2.34. The van der Waals surface area contributed by atoms with Gasteiger partial charge in [-0.05, 0) is 48.8 Å². The van der Waals surface area contributed by atoms with Gasteiger partial charge in [0.2, 0.25) is 9.76 Å². The lowest BCUT2D eigenvalue weighted by Gasteiger charge is -2.29. The van der Waals surface area contributed by atoms with Crippen molar-refractivity contribution in [2.45, 2.75) is 90.7 Å². The quantitative estimate of drug-likeness (QED) is 0.287. The molecule has 4 nitrogen and oxygen atoms in total. The zero-order valence-electron chi connectivity index (χ0n) is 16.5. The number of unbranched alkanes of at least 4 members (excludes halogenated alkanes) is 3. The second kappa shape index (κ2) is 10.9. The fourth-order valence-electron chi connectivity index (χ4n) is 2.55. The number of ether oxygens (including phenoxy) is 1. The molecule has 25 heavy (non-hydrogen) atoms. The van der Waals surface area contributed by atoms with Crippen molar-refractivity contribution in [3.8, 4) is 0 Å². The maximum absolute atomic E-state index is 11.8. The Hall–Kier alpha value is -0.943. The lowest BCUT2D eigenvalue weighted by Crippen LogP contribution is -2.27. The minimum absolute atomic E-state index is 0.0246. The van der Waals surface area contributed by atoms with Crippen molar-refractivity contribution < 1.29 is 18.8 Å². The Labute approximate surface area is 155 Å². The average molecular weight is 367 g/mol. The van der Waals surface area contributed by atoms with Crippen LogP contribution in [0.2, 0.25) is 5.04 Å². The third-order valence-electron chi connectivity index (χ3n) is 4.96. The van der Waals surface area contributed by atoms with E-state index in [-0.39, 0.29) is 22.9 Å². The van der Waals surface area contributed by atoms with E-state index < -0.39 is 0 Å². The van der Waals surface area contributed by atoms with Gasteiger partial charge >= 0.3 is 5.97 Å². The van der Waals surface area contributed by atoms with Gasteiger partial charge in [-0.1, -0.05) is 40.5 Å². The van der Waals surface area contributed by atoms with Crippen molar-refractivity contribution in [1.29, 1.82) is 0 Å². The van der Waals surface area contributed by atoms with Gasteiger partial charge in [-0.3, -0.25) is 9.59 Å². The number of carbonyl (C=O) groups excluding carboxylic acids is 2. The minimum Gasteiger partial charge on any atom is -0.466 e. The number of esters is 1. The van der Waals surface area contributed by atoms with Crippen LogP contribution in [-0.2, 0) is 18.8 Å². The van der Waals surface area contributed by atoms with Crippen LogP contribution in [0.15, 0.2) is 11.6 Å². The van der Waals surface area contributed by atoms with E-state index in [1.165, 1.54) is 0 Å². The molecule has 0 N–H and O–H groups in total. The summed E-state index contributed by atoms with van der Waals surface area (Å²) < 4.78 is 11.1. The number of hydrogen-bond donors (Lipinski definition) is 0. The zero-order chi connectivity index (χ0) is 18.9. The van der Waals surface area contributed by atoms with Crippen LogP contribution in [0, 0.1) is 5.92 Å². The minimum atomic E-state index is -0.103. The van der Waals surface area contributed by atoms with Gasteiger partial charge in [-0.25, -0.2) is 0 Å². The van der Waals surface area contributed by atoms with Crippen LogP contribution < -0.4 is 0 Å². The monoisotopic (exact) mass is 366 g/mol. The van der Waals surface area contributed by atoms with Crippen LogP contribution in [0.3, 0.4) is 0 Å². The summed E-state index contributed by atoms with van der Waals surface area (Å²) in [6, 6.07) is 0. The molecular weight excluding hydrogens is 332 g/mol. The van der Waals surface area contributed by atoms with Crippen molar-refractivity contribution in [1.82, 2.24) is 0 Å². The Morgan fingerprint density at radius 1 is 1.28 bits per heavy atom. The van der Waals surface area contributed by atoms with Gasteiger partial charge in [-0.15, -0.1) is 0 Å². The van der Waals surface area contributed by atoms with Gasteiger partial charge in [0.05, 0.1) is 12.7 Å². The number of hydrogen-bond acceptors (Lipinski definition) is 4. The molecule has 0 amide bonds. The van der Waals surface area contributed by atoms with Crippen molar-refractivity contribution in [3.05, 3.63) is 11.6 Å². The molecule has 5 heteroatoms. The summed E-state index contributed by atoms with van der Waals surface area (Å²) in [5, 5.41) is 0.143. The third kappa shape index (κ3) is 8.32. The number of carbonyl (C=O) groups is 2. The predicted molar refractivity (Wildman–Crippen MR) is 102 cm³/mol. The molecule has 1 rings (SSSR count). The van der Waals surface area contributed by atoms with Crippen LogP contribution in [0.25, 0.3) is 0 Å². The van der Waals surface area contributed by atoms with Crippen LogP contribution in [0.1, 0.15) is 79.6 Å². The molecule has 0 aliphatic heterocycles. The fourth-order valence-corrected chi connectivity index (χ4v) is 3.47. The van der Waals surface area contributed by atoms with E-state index >= 15 is 0 Å². The van der Waals surface area contributed by atoms with E-state index in [4.69, 9.17) is 9.16 Å². The lowest BCUT2D eigenvalue weighted by molar-refractivity contribution is -0.143. The number of ketones is 1. The molecule has 0 saturated heterocycles. The first-order chi connectivity index (χ1) is 11.8. The Morgan fingerprint density at radius 3 is 2.60 bits per heavy atom. The topological polar surface area (TPSA) is 52.6 Å². The molecule has 0 fully saturated rings. The second-order valence-electron chi connectivity index (χ2n) is 7.69. The lowest BCUT2D eigenvalue weighted by atomic mass is 9.99. The molecule has 0 saturated carbocycles. The highest BCUT2D eigenvalue weighted by molar-refractivity contribution is 6.32. The van der Waals surface area contributed by atoms with Gasteiger partial charge in [0.1, 0.15) is 0 Å². The first-order valence-corrected chi connectivity index (χ1v) is 10.5. The van der Waals surface area contributed by atoms with Crippen molar-refractivity contribution >= 4 is 21.5 Å².